The molecule has 0 saturated heterocycles. The van der Waals surface area contributed by atoms with E-state index in [1.54, 1.807) is 31.2 Å². The van der Waals surface area contributed by atoms with Crippen LogP contribution in [0.1, 0.15) is 67.9 Å². The molecule has 0 heterocycles. The van der Waals surface area contributed by atoms with Crippen molar-refractivity contribution in [1.29, 1.82) is 0 Å². The molecule has 0 atom stereocenters. The molecule has 2 N–H and O–H groups in total. The maximum absolute atomic E-state index is 11.7. The first-order chi connectivity index (χ1) is 15.3. The molecule has 7 heteroatoms. The topological polar surface area (TPSA) is 93.1 Å². The van der Waals surface area contributed by atoms with E-state index in [0.717, 1.165) is 12.8 Å². The molecule has 0 amide bonds. The second-order valence-corrected chi connectivity index (χ2v) is 8.69. The Hall–Kier alpha value is -2.67. The van der Waals surface area contributed by atoms with Gasteiger partial charge in [-0.2, -0.15) is 0 Å². The van der Waals surface area contributed by atoms with Crippen LogP contribution in [0.3, 0.4) is 0 Å². The highest BCUT2D eigenvalue weighted by molar-refractivity contribution is 7.99. The van der Waals surface area contributed by atoms with Crippen molar-refractivity contribution in [3.8, 4) is 23.0 Å². The highest BCUT2D eigenvalue weighted by Gasteiger charge is 2.16. The zero-order chi connectivity index (χ0) is 23.7. The minimum absolute atomic E-state index is 0.00588. The van der Waals surface area contributed by atoms with Gasteiger partial charge in [-0.25, -0.2) is 0 Å². The first kappa shape index (κ1) is 25.6. The van der Waals surface area contributed by atoms with Gasteiger partial charge in [0.2, 0.25) is 0 Å². The lowest BCUT2D eigenvalue weighted by Gasteiger charge is -2.15. The van der Waals surface area contributed by atoms with Crippen molar-refractivity contribution in [3.05, 3.63) is 41.0 Å². The lowest BCUT2D eigenvalue weighted by Crippen LogP contribution is -2.08. The highest BCUT2D eigenvalue weighted by atomic mass is 32.2. The first-order valence-electron chi connectivity index (χ1n) is 10.9. The summed E-state index contributed by atoms with van der Waals surface area (Å²) < 4.78 is 11.2. The summed E-state index contributed by atoms with van der Waals surface area (Å²) in [6.07, 6.45) is 3.21. The van der Waals surface area contributed by atoms with Gasteiger partial charge in [0.25, 0.3) is 0 Å². The molecule has 0 bridgehead atoms. The molecule has 2 aromatic rings. The number of thioether (sulfide) groups is 1. The van der Waals surface area contributed by atoms with Crippen LogP contribution in [0, 0.1) is 6.92 Å². The summed E-state index contributed by atoms with van der Waals surface area (Å²) in [5.74, 6) is 1.32. The number of hydrogen-bond donors (Lipinski definition) is 2. The largest absolute Gasteiger partial charge is 0.507 e. The van der Waals surface area contributed by atoms with Gasteiger partial charge >= 0.3 is 5.97 Å². The van der Waals surface area contributed by atoms with Crippen LogP contribution < -0.4 is 9.47 Å². The number of carbonyl (C=O) groups is 2. The van der Waals surface area contributed by atoms with Gasteiger partial charge in [0.1, 0.15) is 23.0 Å². The minimum Gasteiger partial charge on any atom is -0.507 e. The van der Waals surface area contributed by atoms with E-state index in [1.165, 1.54) is 18.7 Å². The highest BCUT2D eigenvalue weighted by Crippen LogP contribution is 2.37. The fraction of sp³-hybridized carbons (Fsp3) is 0.440. The number of Topliss-reactive ketones (excluding diaryl/α,β-unsaturated/α-hetero) is 1. The molecule has 0 unspecified atom stereocenters. The van der Waals surface area contributed by atoms with Crippen molar-refractivity contribution in [2.45, 2.75) is 64.7 Å². The Labute approximate surface area is 193 Å². The van der Waals surface area contributed by atoms with Gasteiger partial charge in [0, 0.05) is 28.2 Å². The zero-order valence-electron chi connectivity index (χ0n) is 19.2. The average Bonchev–Trinajstić information content (AvgIpc) is 2.74. The molecular formula is C25H32O6S. The number of hydrogen-bond acceptors (Lipinski definition) is 7. The molecule has 2 rings (SSSR count). The summed E-state index contributed by atoms with van der Waals surface area (Å²) in [6, 6.07) is 6.79. The summed E-state index contributed by atoms with van der Waals surface area (Å²) in [5.41, 5.74) is 1.52. The fourth-order valence-electron chi connectivity index (χ4n) is 3.21. The lowest BCUT2D eigenvalue weighted by atomic mass is 10.0. The summed E-state index contributed by atoms with van der Waals surface area (Å²) in [7, 11) is 0. The molecule has 0 spiro atoms. The Morgan fingerprint density at radius 1 is 1.00 bits per heavy atom. The number of phenols is 2. The third-order valence-electron chi connectivity index (χ3n) is 4.95. The molecule has 0 saturated carbocycles. The predicted octanol–water partition coefficient (Wildman–Crippen LogP) is 5.83. The van der Waals surface area contributed by atoms with Crippen LogP contribution in [0.5, 0.6) is 23.0 Å². The SMILES string of the molecule is CCCC(=O)Oc1ccc(SCCCOc2ccc(C(C)=O)c(O)c2CCC)c(O)c1C. The van der Waals surface area contributed by atoms with Crippen molar-refractivity contribution < 1.29 is 29.3 Å². The molecule has 0 aliphatic rings. The Kier molecular flexibility index (Phi) is 9.91. The number of rotatable bonds is 12. The summed E-state index contributed by atoms with van der Waals surface area (Å²) >= 11 is 1.49. The molecule has 6 nitrogen and oxygen atoms in total. The van der Waals surface area contributed by atoms with Crippen LogP contribution in [0.15, 0.2) is 29.2 Å². The van der Waals surface area contributed by atoms with Gasteiger partial charge < -0.3 is 19.7 Å². The maximum atomic E-state index is 11.7. The van der Waals surface area contributed by atoms with E-state index >= 15 is 0 Å². The normalized spacial score (nSPS) is 10.8. The maximum Gasteiger partial charge on any atom is 0.311 e. The summed E-state index contributed by atoms with van der Waals surface area (Å²) in [5, 5.41) is 20.9. The van der Waals surface area contributed by atoms with Crippen LogP contribution in [-0.4, -0.2) is 34.3 Å². The van der Waals surface area contributed by atoms with E-state index < -0.39 is 0 Å². The van der Waals surface area contributed by atoms with Crippen LogP contribution in [0.25, 0.3) is 0 Å². The molecule has 2 aromatic carbocycles. The Morgan fingerprint density at radius 2 is 1.72 bits per heavy atom. The van der Waals surface area contributed by atoms with Gasteiger partial charge in [-0.05, 0) is 57.4 Å². The molecule has 0 radical (unpaired) electrons. The van der Waals surface area contributed by atoms with E-state index in [-0.39, 0.29) is 23.3 Å². The average molecular weight is 461 g/mol. The van der Waals surface area contributed by atoms with Crippen LogP contribution in [0.2, 0.25) is 0 Å². The van der Waals surface area contributed by atoms with Crippen LogP contribution in [0.4, 0.5) is 0 Å². The number of phenolic OH excluding ortho intramolecular Hbond substituents is 2. The molecule has 0 aromatic heterocycles. The number of ether oxygens (including phenoxy) is 2. The third kappa shape index (κ3) is 6.66. The number of aromatic hydroxyl groups is 2. The molecule has 0 aliphatic heterocycles. The second kappa shape index (κ2) is 12.4. The Morgan fingerprint density at radius 3 is 2.38 bits per heavy atom. The lowest BCUT2D eigenvalue weighted by molar-refractivity contribution is -0.134. The monoisotopic (exact) mass is 460 g/mol. The van der Waals surface area contributed by atoms with E-state index in [0.29, 0.717) is 64.7 Å². The summed E-state index contributed by atoms with van der Waals surface area (Å²) in [4.78, 5) is 24.1. The van der Waals surface area contributed by atoms with Gasteiger partial charge in [-0.15, -0.1) is 11.8 Å². The standard InChI is InChI=1S/C25H32O6S/c1-5-8-19-21(11-10-18(17(4)26)25(19)29)30-14-7-15-32-22-13-12-20(16(3)24(22)28)31-23(27)9-6-2/h10-13,28-29H,5-9,14-15H2,1-4H3. The van der Waals surface area contributed by atoms with E-state index in [1.807, 2.05) is 13.8 Å². The van der Waals surface area contributed by atoms with Crippen LogP contribution >= 0.6 is 11.8 Å². The Balaban J connectivity index is 1.93. The van der Waals surface area contributed by atoms with E-state index in [4.69, 9.17) is 9.47 Å². The predicted molar refractivity (Wildman–Crippen MR) is 126 cm³/mol. The molecule has 32 heavy (non-hydrogen) atoms. The number of benzene rings is 2. The number of esters is 1. The molecule has 0 fully saturated rings. The van der Waals surface area contributed by atoms with E-state index in [2.05, 4.69) is 0 Å². The third-order valence-corrected chi connectivity index (χ3v) is 6.08. The fourth-order valence-corrected chi connectivity index (χ4v) is 4.15. The molecular weight excluding hydrogens is 428 g/mol. The quantitative estimate of drug-likeness (QED) is 0.135. The van der Waals surface area contributed by atoms with Crippen molar-refractivity contribution in [3.63, 3.8) is 0 Å². The molecule has 174 valence electrons. The van der Waals surface area contributed by atoms with Crippen molar-refractivity contribution >= 4 is 23.5 Å². The second-order valence-electron chi connectivity index (χ2n) is 7.55. The van der Waals surface area contributed by atoms with Gasteiger partial charge in [-0.3, -0.25) is 9.59 Å². The van der Waals surface area contributed by atoms with E-state index in [9.17, 15) is 19.8 Å². The molecule has 0 aliphatic carbocycles. The Bertz CT molecular complexity index is 954. The van der Waals surface area contributed by atoms with Gasteiger partial charge in [0.05, 0.1) is 12.2 Å². The minimum atomic E-state index is -0.308. The van der Waals surface area contributed by atoms with Crippen molar-refractivity contribution in [2.24, 2.45) is 0 Å². The van der Waals surface area contributed by atoms with Gasteiger partial charge in [0.15, 0.2) is 5.78 Å². The van der Waals surface area contributed by atoms with Crippen LogP contribution in [-0.2, 0) is 11.2 Å². The number of carbonyl (C=O) groups excluding carboxylic acids is 2. The zero-order valence-corrected chi connectivity index (χ0v) is 20.0. The van der Waals surface area contributed by atoms with Crippen molar-refractivity contribution in [2.75, 3.05) is 12.4 Å². The van der Waals surface area contributed by atoms with Crippen molar-refractivity contribution in [1.82, 2.24) is 0 Å². The summed E-state index contributed by atoms with van der Waals surface area (Å²) in [6.45, 7) is 7.51. The van der Waals surface area contributed by atoms with Gasteiger partial charge in [-0.1, -0.05) is 20.3 Å². The smallest absolute Gasteiger partial charge is 0.311 e. The number of ketones is 1. The first-order valence-corrected chi connectivity index (χ1v) is 11.9.